The molecular formula is C6H9N3O3. The second-order valence-electron chi connectivity index (χ2n) is 2.08. The third-order valence-corrected chi connectivity index (χ3v) is 0.938. The van der Waals surface area contributed by atoms with Gasteiger partial charge in [0.25, 0.3) is 0 Å². The van der Waals surface area contributed by atoms with Crippen molar-refractivity contribution in [2.45, 2.75) is 6.42 Å². The van der Waals surface area contributed by atoms with Gasteiger partial charge >= 0.3 is 5.97 Å². The summed E-state index contributed by atoms with van der Waals surface area (Å²) in [5.74, 6) is -2.07. The van der Waals surface area contributed by atoms with Gasteiger partial charge in [0, 0.05) is 5.70 Å². The van der Waals surface area contributed by atoms with E-state index in [2.05, 4.69) is 0 Å². The van der Waals surface area contributed by atoms with Crippen LogP contribution in [0.3, 0.4) is 0 Å². The fraction of sp³-hybridized carbons (Fsp3) is 0.167. The van der Waals surface area contributed by atoms with E-state index in [4.69, 9.17) is 22.0 Å². The Morgan fingerprint density at radius 3 is 2.25 bits per heavy atom. The first-order chi connectivity index (χ1) is 5.43. The fourth-order valence-corrected chi connectivity index (χ4v) is 0.499. The number of carboxylic acids is 1. The molecule has 66 valence electrons. The van der Waals surface area contributed by atoms with Crippen molar-refractivity contribution in [1.29, 1.82) is 5.41 Å². The van der Waals surface area contributed by atoms with Gasteiger partial charge in [-0.15, -0.1) is 0 Å². The predicted molar refractivity (Wildman–Crippen MR) is 41.4 cm³/mol. The van der Waals surface area contributed by atoms with Crippen LogP contribution in [0, 0.1) is 5.41 Å². The molecule has 0 aromatic rings. The summed E-state index contributed by atoms with van der Waals surface area (Å²) < 4.78 is 0. The summed E-state index contributed by atoms with van der Waals surface area (Å²) in [6.45, 7) is 0. The van der Waals surface area contributed by atoms with Crippen molar-refractivity contribution in [3.63, 3.8) is 0 Å². The van der Waals surface area contributed by atoms with Crippen LogP contribution in [-0.4, -0.2) is 22.7 Å². The summed E-state index contributed by atoms with van der Waals surface area (Å²) >= 11 is 0. The number of nitrogens with two attached hydrogens (primary N) is 2. The molecular weight excluding hydrogens is 162 g/mol. The highest BCUT2D eigenvalue weighted by molar-refractivity contribution is 6.39. The summed E-state index contributed by atoms with van der Waals surface area (Å²) in [4.78, 5) is 20.3. The maximum absolute atomic E-state index is 10.2. The lowest BCUT2D eigenvalue weighted by molar-refractivity contribution is -0.129. The average Bonchev–Trinajstić information content (AvgIpc) is 1.84. The quantitative estimate of drug-likeness (QED) is 0.396. The van der Waals surface area contributed by atoms with E-state index < -0.39 is 17.6 Å². The fourth-order valence-electron chi connectivity index (χ4n) is 0.499. The molecule has 0 heterocycles. The van der Waals surface area contributed by atoms with Crippen LogP contribution >= 0.6 is 0 Å². The van der Waals surface area contributed by atoms with Gasteiger partial charge < -0.3 is 16.6 Å². The Kier molecular flexibility index (Phi) is 3.48. The third kappa shape index (κ3) is 4.04. The maximum atomic E-state index is 10.2. The van der Waals surface area contributed by atoms with Crippen LogP contribution in [0.4, 0.5) is 0 Å². The molecule has 0 aromatic carbocycles. The van der Waals surface area contributed by atoms with Gasteiger partial charge in [0.05, 0.1) is 6.42 Å². The summed E-state index contributed by atoms with van der Waals surface area (Å²) in [7, 11) is 0. The molecule has 0 aromatic heterocycles. The third-order valence-electron chi connectivity index (χ3n) is 0.938. The van der Waals surface area contributed by atoms with E-state index in [9.17, 15) is 9.59 Å². The minimum absolute atomic E-state index is 0.0325. The van der Waals surface area contributed by atoms with Crippen LogP contribution in [0.15, 0.2) is 11.8 Å². The van der Waals surface area contributed by atoms with E-state index in [1.165, 1.54) is 0 Å². The number of nitrogens with one attached hydrogen (secondary N) is 1. The molecule has 0 atom stereocenters. The molecule has 6 N–H and O–H groups in total. The largest absolute Gasteiger partial charge is 0.477 e. The normalized spacial score (nSPS) is 10.8. The van der Waals surface area contributed by atoms with Gasteiger partial charge in [0.1, 0.15) is 5.71 Å². The van der Waals surface area contributed by atoms with Crippen LogP contribution in [0.5, 0.6) is 0 Å². The topological polar surface area (TPSA) is 130 Å². The van der Waals surface area contributed by atoms with Crippen molar-refractivity contribution in [2.75, 3.05) is 0 Å². The molecule has 6 nitrogen and oxygen atoms in total. The Morgan fingerprint density at radius 2 is 1.92 bits per heavy atom. The van der Waals surface area contributed by atoms with Gasteiger partial charge in [-0.2, -0.15) is 0 Å². The van der Waals surface area contributed by atoms with E-state index in [1.54, 1.807) is 0 Å². The van der Waals surface area contributed by atoms with E-state index in [-0.39, 0.29) is 12.1 Å². The summed E-state index contributed by atoms with van der Waals surface area (Å²) in [6.07, 6.45) is 0.642. The number of carbonyl (C=O) groups is 2. The predicted octanol–water partition coefficient (Wildman–Crippen LogP) is -1.19. The van der Waals surface area contributed by atoms with Gasteiger partial charge in [-0.1, -0.05) is 0 Å². The van der Waals surface area contributed by atoms with Crippen LogP contribution < -0.4 is 11.5 Å². The Morgan fingerprint density at radius 1 is 1.42 bits per heavy atom. The van der Waals surface area contributed by atoms with Gasteiger partial charge in [0.2, 0.25) is 5.91 Å². The van der Waals surface area contributed by atoms with Crippen molar-refractivity contribution >= 4 is 17.6 Å². The first kappa shape index (κ1) is 10.2. The molecule has 0 unspecified atom stereocenters. The number of carboxylic acid groups (broad SMARTS) is 1. The number of amides is 1. The van der Waals surface area contributed by atoms with Crippen molar-refractivity contribution in [1.82, 2.24) is 0 Å². The minimum Gasteiger partial charge on any atom is -0.477 e. The zero-order valence-corrected chi connectivity index (χ0v) is 6.20. The monoisotopic (exact) mass is 171 g/mol. The minimum atomic E-state index is -1.40. The highest BCUT2D eigenvalue weighted by Gasteiger charge is 2.04. The van der Waals surface area contributed by atoms with Crippen molar-refractivity contribution in [2.24, 2.45) is 11.5 Å². The van der Waals surface area contributed by atoms with Crippen LogP contribution in [0.2, 0.25) is 0 Å². The highest BCUT2D eigenvalue weighted by atomic mass is 16.4. The highest BCUT2D eigenvalue weighted by Crippen LogP contribution is 1.91. The molecule has 0 bridgehead atoms. The van der Waals surface area contributed by atoms with Gasteiger partial charge in [-0.3, -0.25) is 10.2 Å². The molecule has 0 spiro atoms. The summed E-state index contributed by atoms with van der Waals surface area (Å²) in [6, 6.07) is 0. The SMILES string of the molecule is N=C(/C=C(\N)CC(N)=O)C(=O)O. The van der Waals surface area contributed by atoms with E-state index in [0.717, 1.165) is 6.08 Å². The number of hydrogen-bond acceptors (Lipinski definition) is 4. The maximum Gasteiger partial charge on any atom is 0.353 e. The molecule has 0 saturated heterocycles. The molecule has 0 radical (unpaired) electrons. The Hall–Kier alpha value is -1.85. The van der Waals surface area contributed by atoms with Gasteiger partial charge in [-0.25, -0.2) is 4.79 Å². The summed E-state index contributed by atoms with van der Waals surface area (Å²) in [5.41, 5.74) is 9.23. The van der Waals surface area contributed by atoms with Gasteiger partial charge in [0.15, 0.2) is 0 Å². The smallest absolute Gasteiger partial charge is 0.353 e. The lowest BCUT2D eigenvalue weighted by Gasteiger charge is -1.95. The average molecular weight is 171 g/mol. The molecule has 0 rings (SSSR count). The van der Waals surface area contributed by atoms with Crippen LogP contribution in [-0.2, 0) is 9.59 Å². The van der Waals surface area contributed by atoms with Crippen molar-refractivity contribution in [3.8, 4) is 0 Å². The van der Waals surface area contributed by atoms with Crippen molar-refractivity contribution < 1.29 is 14.7 Å². The number of carbonyl (C=O) groups excluding carboxylic acids is 1. The van der Waals surface area contributed by atoms with E-state index in [1.807, 2.05) is 0 Å². The first-order valence-electron chi connectivity index (χ1n) is 2.99. The van der Waals surface area contributed by atoms with Crippen LogP contribution in [0.1, 0.15) is 6.42 Å². The second kappa shape index (κ2) is 4.12. The zero-order chi connectivity index (χ0) is 9.72. The van der Waals surface area contributed by atoms with E-state index >= 15 is 0 Å². The summed E-state index contributed by atoms with van der Waals surface area (Å²) in [5, 5.41) is 15.0. The molecule has 0 aliphatic heterocycles. The van der Waals surface area contributed by atoms with Crippen molar-refractivity contribution in [3.05, 3.63) is 11.8 Å². The second-order valence-corrected chi connectivity index (χ2v) is 2.08. The first-order valence-corrected chi connectivity index (χ1v) is 2.99. The lowest BCUT2D eigenvalue weighted by Crippen LogP contribution is -2.17. The molecule has 1 amide bonds. The number of aliphatic carboxylic acids is 1. The number of primary amides is 1. The molecule has 0 saturated carbocycles. The molecule has 6 heteroatoms. The molecule has 0 aliphatic rings. The number of rotatable bonds is 4. The molecule has 0 fully saturated rings. The number of hydrogen-bond donors (Lipinski definition) is 4. The molecule has 12 heavy (non-hydrogen) atoms. The zero-order valence-electron chi connectivity index (χ0n) is 6.20. The molecule has 0 aliphatic carbocycles. The van der Waals surface area contributed by atoms with Gasteiger partial charge in [-0.05, 0) is 6.08 Å². The Labute approximate surface area is 68.4 Å². The lowest BCUT2D eigenvalue weighted by atomic mass is 10.2. The standard InChI is InChI=1S/C6H9N3O3/c7-3(2-5(9)10)1-4(8)6(11)12/h1,8H,2,7H2,(H2,9,10)(H,11,12)/b3-1-,8-4?. The Balaban J connectivity index is 4.26. The van der Waals surface area contributed by atoms with E-state index in [0.29, 0.717) is 0 Å². The van der Waals surface area contributed by atoms with Crippen LogP contribution in [0.25, 0.3) is 0 Å². The Bertz CT molecular complexity index is 257.